The number of hydrogen-bond acceptors (Lipinski definition) is 8. The summed E-state index contributed by atoms with van der Waals surface area (Å²) in [6, 6.07) is 22.3. The number of sulfonamides is 1. The van der Waals surface area contributed by atoms with Crippen molar-refractivity contribution in [3.05, 3.63) is 95.6 Å². The van der Waals surface area contributed by atoms with Gasteiger partial charge in [0.1, 0.15) is 5.75 Å². The molecule has 41 heavy (non-hydrogen) atoms. The molecule has 0 spiro atoms. The first-order valence-electron chi connectivity index (χ1n) is 13.3. The molecule has 2 heterocycles. The van der Waals surface area contributed by atoms with Crippen LogP contribution >= 0.6 is 0 Å². The summed E-state index contributed by atoms with van der Waals surface area (Å²) in [6.45, 7) is 1.46. The van der Waals surface area contributed by atoms with Gasteiger partial charge in [-0.1, -0.05) is 48.5 Å². The molecule has 2 aliphatic rings. The molecule has 1 atom stereocenters. The largest absolute Gasteiger partial charge is 0.497 e. The second kappa shape index (κ2) is 12.2. The van der Waals surface area contributed by atoms with Gasteiger partial charge in [-0.3, -0.25) is 4.79 Å². The number of carbonyl (C=O) groups is 2. The van der Waals surface area contributed by atoms with Crippen LogP contribution in [-0.4, -0.2) is 87.2 Å². The number of hydrazone groups is 1. The van der Waals surface area contributed by atoms with Crippen molar-refractivity contribution in [1.82, 2.24) is 14.2 Å². The minimum atomic E-state index is -3.76. The van der Waals surface area contributed by atoms with E-state index >= 15 is 0 Å². The van der Waals surface area contributed by atoms with Gasteiger partial charge in [0, 0.05) is 32.6 Å². The molecule has 5 rings (SSSR count). The molecular formula is C30H32N4O6S. The standard InChI is InChI=1S/C30H32N4O6S/c1-32-15-17-33(18-16-32)41(37,38)26-10-6-9-24(19-26)30(36)40-21-29(35)34-28(23-11-13-25(39-2)14-12-23)20-27(31-34)22-7-4-3-5-8-22/h3-14,19,28H,15-18,20-21H2,1-2H3. The van der Waals surface area contributed by atoms with Crippen molar-refractivity contribution >= 4 is 27.6 Å². The Morgan fingerprint density at radius 2 is 1.63 bits per heavy atom. The molecule has 1 saturated heterocycles. The second-order valence-corrected chi connectivity index (χ2v) is 11.9. The summed E-state index contributed by atoms with van der Waals surface area (Å²) in [5, 5.41) is 5.96. The molecule has 1 amide bonds. The molecule has 0 bridgehead atoms. The number of likely N-dealkylation sites (N-methyl/N-ethyl adjacent to an activating group) is 1. The Kier molecular flexibility index (Phi) is 8.48. The first-order chi connectivity index (χ1) is 19.8. The molecular weight excluding hydrogens is 544 g/mol. The molecule has 0 N–H and O–H groups in total. The van der Waals surface area contributed by atoms with E-state index < -0.39 is 28.5 Å². The summed E-state index contributed by atoms with van der Waals surface area (Å²) in [6.07, 6.45) is 0.488. The number of nitrogens with zero attached hydrogens (tertiary/aromatic N) is 4. The average molecular weight is 577 g/mol. The van der Waals surface area contributed by atoms with E-state index in [0.29, 0.717) is 38.3 Å². The van der Waals surface area contributed by atoms with E-state index in [9.17, 15) is 18.0 Å². The Balaban J connectivity index is 1.30. The predicted octanol–water partition coefficient (Wildman–Crippen LogP) is 3.17. The van der Waals surface area contributed by atoms with Crippen molar-refractivity contribution in [2.24, 2.45) is 5.10 Å². The molecule has 3 aromatic rings. The molecule has 1 unspecified atom stereocenters. The smallest absolute Gasteiger partial charge is 0.338 e. The molecule has 11 heteroatoms. The highest BCUT2D eigenvalue weighted by Gasteiger charge is 2.34. The zero-order chi connectivity index (χ0) is 29.0. The quantitative estimate of drug-likeness (QED) is 0.379. The van der Waals surface area contributed by atoms with E-state index in [1.807, 2.05) is 61.6 Å². The predicted molar refractivity (Wildman–Crippen MR) is 153 cm³/mol. The van der Waals surface area contributed by atoms with E-state index in [4.69, 9.17) is 9.47 Å². The van der Waals surface area contributed by atoms with Gasteiger partial charge >= 0.3 is 5.97 Å². The minimum absolute atomic E-state index is 0.0130. The number of carbonyl (C=O) groups excluding carboxylic acids is 2. The fourth-order valence-electron chi connectivity index (χ4n) is 4.87. The monoisotopic (exact) mass is 576 g/mol. The van der Waals surface area contributed by atoms with Crippen molar-refractivity contribution in [3.8, 4) is 5.75 Å². The fourth-order valence-corrected chi connectivity index (χ4v) is 6.34. The van der Waals surface area contributed by atoms with Crippen LogP contribution in [0.3, 0.4) is 0 Å². The summed E-state index contributed by atoms with van der Waals surface area (Å²) in [7, 11) is -0.237. The number of piperazine rings is 1. The van der Waals surface area contributed by atoms with Crippen molar-refractivity contribution in [2.45, 2.75) is 17.4 Å². The SMILES string of the molecule is COc1ccc(C2CC(c3ccccc3)=NN2C(=O)COC(=O)c2cccc(S(=O)(=O)N3CCN(C)CC3)c2)cc1. The molecule has 0 aliphatic carbocycles. The van der Waals surface area contributed by atoms with Crippen molar-refractivity contribution in [2.75, 3.05) is 46.9 Å². The summed E-state index contributed by atoms with van der Waals surface area (Å²) in [4.78, 5) is 28.3. The lowest BCUT2D eigenvalue weighted by molar-refractivity contribution is -0.136. The van der Waals surface area contributed by atoms with Gasteiger partial charge in [0.2, 0.25) is 10.0 Å². The lowest BCUT2D eigenvalue weighted by atomic mass is 9.98. The topological polar surface area (TPSA) is 109 Å². The van der Waals surface area contributed by atoms with E-state index in [1.54, 1.807) is 7.11 Å². The molecule has 0 saturated carbocycles. The fraction of sp³-hybridized carbons (Fsp3) is 0.300. The zero-order valence-corrected chi connectivity index (χ0v) is 23.8. The third kappa shape index (κ3) is 6.32. The minimum Gasteiger partial charge on any atom is -0.497 e. The van der Waals surface area contributed by atoms with Crippen LogP contribution in [0.1, 0.15) is 33.9 Å². The van der Waals surface area contributed by atoms with Gasteiger partial charge in [-0.05, 0) is 48.5 Å². The molecule has 3 aromatic carbocycles. The third-order valence-corrected chi connectivity index (χ3v) is 9.16. The maximum absolute atomic E-state index is 13.3. The van der Waals surface area contributed by atoms with Gasteiger partial charge in [0.05, 0.1) is 29.3 Å². The normalized spacial score (nSPS) is 18.1. The van der Waals surface area contributed by atoms with Crippen LogP contribution in [0.15, 0.2) is 88.9 Å². The van der Waals surface area contributed by atoms with Gasteiger partial charge in [0.25, 0.3) is 5.91 Å². The van der Waals surface area contributed by atoms with Crippen molar-refractivity contribution in [3.63, 3.8) is 0 Å². The van der Waals surface area contributed by atoms with E-state index in [0.717, 1.165) is 16.8 Å². The number of rotatable bonds is 8. The van der Waals surface area contributed by atoms with Crippen LogP contribution in [-0.2, 0) is 19.6 Å². The number of benzene rings is 3. The Morgan fingerprint density at radius 3 is 2.32 bits per heavy atom. The highest BCUT2D eigenvalue weighted by Crippen LogP contribution is 2.33. The van der Waals surface area contributed by atoms with Crippen LogP contribution in [0.5, 0.6) is 5.75 Å². The summed E-state index contributed by atoms with van der Waals surface area (Å²) >= 11 is 0. The van der Waals surface area contributed by atoms with Gasteiger partial charge in [-0.25, -0.2) is 18.2 Å². The zero-order valence-electron chi connectivity index (χ0n) is 23.0. The van der Waals surface area contributed by atoms with Crippen molar-refractivity contribution in [1.29, 1.82) is 0 Å². The van der Waals surface area contributed by atoms with Crippen LogP contribution < -0.4 is 4.74 Å². The molecule has 10 nitrogen and oxygen atoms in total. The Bertz CT molecular complexity index is 1530. The van der Waals surface area contributed by atoms with E-state index in [-0.39, 0.29) is 16.5 Å². The third-order valence-electron chi connectivity index (χ3n) is 7.27. The number of amides is 1. The molecule has 0 aromatic heterocycles. The van der Waals surface area contributed by atoms with E-state index in [2.05, 4.69) is 10.0 Å². The van der Waals surface area contributed by atoms with Gasteiger partial charge in [-0.15, -0.1) is 0 Å². The lowest BCUT2D eigenvalue weighted by Crippen LogP contribution is -2.47. The van der Waals surface area contributed by atoms with Crippen LogP contribution in [0.4, 0.5) is 0 Å². The highest BCUT2D eigenvalue weighted by molar-refractivity contribution is 7.89. The Labute approximate surface area is 239 Å². The Morgan fingerprint density at radius 1 is 0.927 bits per heavy atom. The second-order valence-electron chi connectivity index (χ2n) is 9.96. The Hall–Kier alpha value is -4.06. The average Bonchev–Trinajstić information content (AvgIpc) is 3.46. The summed E-state index contributed by atoms with van der Waals surface area (Å²) in [5.41, 5.74) is 2.56. The van der Waals surface area contributed by atoms with Gasteiger partial charge in [0.15, 0.2) is 6.61 Å². The lowest BCUT2D eigenvalue weighted by Gasteiger charge is -2.31. The van der Waals surface area contributed by atoms with Crippen LogP contribution in [0.2, 0.25) is 0 Å². The molecule has 0 radical (unpaired) electrons. The van der Waals surface area contributed by atoms with Crippen LogP contribution in [0, 0.1) is 0 Å². The number of esters is 1. The number of hydrogen-bond donors (Lipinski definition) is 0. The first-order valence-corrected chi connectivity index (χ1v) is 14.7. The first kappa shape index (κ1) is 28.5. The maximum atomic E-state index is 13.3. The van der Waals surface area contributed by atoms with Crippen molar-refractivity contribution < 1.29 is 27.5 Å². The molecule has 214 valence electrons. The summed E-state index contributed by atoms with van der Waals surface area (Å²) in [5.74, 6) is -0.591. The van der Waals surface area contributed by atoms with Gasteiger partial charge in [-0.2, -0.15) is 9.41 Å². The van der Waals surface area contributed by atoms with Gasteiger partial charge < -0.3 is 14.4 Å². The van der Waals surface area contributed by atoms with Crippen LogP contribution in [0.25, 0.3) is 0 Å². The number of methoxy groups -OCH3 is 1. The molecule has 2 aliphatic heterocycles. The summed E-state index contributed by atoms with van der Waals surface area (Å²) < 4.78 is 38.3. The highest BCUT2D eigenvalue weighted by atomic mass is 32.2. The van der Waals surface area contributed by atoms with E-state index in [1.165, 1.54) is 33.6 Å². The maximum Gasteiger partial charge on any atom is 0.338 e. The number of ether oxygens (including phenoxy) is 2. The molecule has 1 fully saturated rings.